The van der Waals surface area contributed by atoms with Gasteiger partial charge in [0, 0.05) is 6.04 Å². The van der Waals surface area contributed by atoms with Gasteiger partial charge in [-0.25, -0.2) is 0 Å². The molecule has 2 N–H and O–H groups in total. The van der Waals surface area contributed by atoms with Crippen molar-refractivity contribution in [2.45, 2.75) is 52.0 Å². The first kappa shape index (κ1) is 9.05. The summed E-state index contributed by atoms with van der Waals surface area (Å²) in [4.78, 5) is 0. The molecule has 66 valence electrons. The van der Waals surface area contributed by atoms with Gasteiger partial charge in [-0.05, 0) is 24.7 Å². The van der Waals surface area contributed by atoms with Gasteiger partial charge >= 0.3 is 0 Å². The van der Waals surface area contributed by atoms with Crippen LogP contribution in [0.4, 0.5) is 0 Å². The van der Waals surface area contributed by atoms with Gasteiger partial charge in [0.05, 0.1) is 0 Å². The topological polar surface area (TPSA) is 26.0 Å². The third kappa shape index (κ3) is 2.19. The molecule has 3 atom stereocenters. The molecule has 0 heterocycles. The maximum Gasteiger partial charge on any atom is 0.00696 e. The Morgan fingerprint density at radius 2 is 2.18 bits per heavy atom. The fourth-order valence-corrected chi connectivity index (χ4v) is 2.36. The lowest BCUT2D eigenvalue weighted by Gasteiger charge is -2.22. The first-order valence-corrected chi connectivity index (χ1v) is 5.01. The van der Waals surface area contributed by atoms with Gasteiger partial charge in [0.1, 0.15) is 0 Å². The van der Waals surface area contributed by atoms with Crippen molar-refractivity contribution in [1.29, 1.82) is 0 Å². The van der Waals surface area contributed by atoms with Gasteiger partial charge in [-0.1, -0.05) is 33.1 Å². The van der Waals surface area contributed by atoms with Gasteiger partial charge in [-0.2, -0.15) is 0 Å². The van der Waals surface area contributed by atoms with Crippen LogP contribution in [0.3, 0.4) is 0 Å². The van der Waals surface area contributed by atoms with Crippen molar-refractivity contribution in [2.75, 3.05) is 0 Å². The lowest BCUT2D eigenvalue weighted by atomic mass is 9.88. The van der Waals surface area contributed by atoms with E-state index in [2.05, 4.69) is 13.8 Å². The monoisotopic (exact) mass is 155 g/mol. The van der Waals surface area contributed by atoms with Crippen molar-refractivity contribution < 1.29 is 0 Å². The molecule has 0 aromatic heterocycles. The molecule has 0 aliphatic heterocycles. The minimum Gasteiger partial charge on any atom is -0.327 e. The predicted molar refractivity (Wildman–Crippen MR) is 49.4 cm³/mol. The van der Waals surface area contributed by atoms with Crippen LogP contribution in [-0.2, 0) is 0 Å². The predicted octanol–water partition coefficient (Wildman–Crippen LogP) is 2.55. The summed E-state index contributed by atoms with van der Waals surface area (Å²) >= 11 is 0. The molecule has 1 saturated carbocycles. The largest absolute Gasteiger partial charge is 0.327 e. The van der Waals surface area contributed by atoms with Crippen LogP contribution < -0.4 is 5.73 Å². The summed E-state index contributed by atoms with van der Waals surface area (Å²) in [5, 5.41) is 0. The van der Waals surface area contributed by atoms with Gasteiger partial charge in [-0.15, -0.1) is 0 Å². The van der Waals surface area contributed by atoms with Crippen molar-refractivity contribution >= 4 is 0 Å². The second-order valence-electron chi connectivity index (χ2n) is 4.02. The van der Waals surface area contributed by atoms with Crippen molar-refractivity contribution in [3.05, 3.63) is 0 Å². The molecule has 1 fully saturated rings. The molecule has 1 rings (SSSR count). The van der Waals surface area contributed by atoms with Gasteiger partial charge in [-0.3, -0.25) is 0 Å². The summed E-state index contributed by atoms with van der Waals surface area (Å²) in [7, 11) is 0. The molecule has 0 aromatic rings. The van der Waals surface area contributed by atoms with E-state index in [0.717, 1.165) is 11.8 Å². The van der Waals surface area contributed by atoms with E-state index >= 15 is 0 Å². The van der Waals surface area contributed by atoms with Crippen molar-refractivity contribution in [1.82, 2.24) is 0 Å². The zero-order valence-corrected chi connectivity index (χ0v) is 7.84. The van der Waals surface area contributed by atoms with E-state index in [4.69, 9.17) is 5.73 Å². The molecule has 0 radical (unpaired) electrons. The summed E-state index contributed by atoms with van der Waals surface area (Å²) in [6, 6.07) is 0.484. The molecule has 1 aliphatic rings. The number of nitrogens with two attached hydrogens (primary N) is 1. The number of hydrogen-bond donors (Lipinski definition) is 1. The molecule has 0 spiro atoms. The zero-order chi connectivity index (χ0) is 8.27. The summed E-state index contributed by atoms with van der Waals surface area (Å²) in [6.07, 6.45) is 6.65. The Morgan fingerprint density at radius 3 is 2.64 bits per heavy atom. The van der Waals surface area contributed by atoms with Crippen molar-refractivity contribution in [3.8, 4) is 0 Å². The van der Waals surface area contributed by atoms with Crippen molar-refractivity contribution in [3.63, 3.8) is 0 Å². The first-order chi connectivity index (χ1) is 5.25. The standard InChI is InChI=1S/C10H21N/c1-3-5-10(11)9-7-4-6-8(9)2/h8-10H,3-7,11H2,1-2H3/t8?,9?,10-/m1/s1. The van der Waals surface area contributed by atoms with E-state index in [1.54, 1.807) is 0 Å². The van der Waals surface area contributed by atoms with E-state index in [-0.39, 0.29) is 0 Å². The fourth-order valence-electron chi connectivity index (χ4n) is 2.36. The first-order valence-electron chi connectivity index (χ1n) is 5.01. The highest BCUT2D eigenvalue weighted by molar-refractivity contribution is 4.82. The van der Waals surface area contributed by atoms with Gasteiger partial charge in [0.15, 0.2) is 0 Å². The molecule has 2 unspecified atom stereocenters. The summed E-state index contributed by atoms with van der Waals surface area (Å²) in [5.41, 5.74) is 6.08. The average molecular weight is 155 g/mol. The van der Waals surface area contributed by atoms with Gasteiger partial charge < -0.3 is 5.73 Å². The lowest BCUT2D eigenvalue weighted by molar-refractivity contribution is 0.330. The Labute approximate surface area is 70.4 Å². The van der Waals surface area contributed by atoms with E-state index in [0.29, 0.717) is 6.04 Å². The van der Waals surface area contributed by atoms with Gasteiger partial charge in [0.25, 0.3) is 0 Å². The highest BCUT2D eigenvalue weighted by Crippen LogP contribution is 2.33. The van der Waals surface area contributed by atoms with E-state index in [1.165, 1.54) is 32.1 Å². The maximum atomic E-state index is 6.08. The molecular formula is C10H21N. The van der Waals surface area contributed by atoms with Crippen LogP contribution in [-0.4, -0.2) is 6.04 Å². The minimum atomic E-state index is 0.484. The maximum absolute atomic E-state index is 6.08. The van der Waals surface area contributed by atoms with E-state index in [1.807, 2.05) is 0 Å². The Kier molecular flexibility index (Phi) is 3.38. The molecule has 1 nitrogen and oxygen atoms in total. The van der Waals surface area contributed by atoms with Crippen LogP contribution in [0, 0.1) is 11.8 Å². The Bertz CT molecular complexity index is 111. The minimum absolute atomic E-state index is 0.484. The second kappa shape index (κ2) is 4.10. The SMILES string of the molecule is CCC[C@@H](N)C1CCCC1C. The summed E-state index contributed by atoms with van der Waals surface area (Å²) in [6.45, 7) is 4.58. The van der Waals surface area contributed by atoms with Crippen LogP contribution in [0.25, 0.3) is 0 Å². The van der Waals surface area contributed by atoms with Gasteiger partial charge in [0.2, 0.25) is 0 Å². The summed E-state index contributed by atoms with van der Waals surface area (Å²) in [5.74, 6) is 1.71. The molecule has 1 heteroatoms. The third-order valence-corrected chi connectivity index (χ3v) is 3.10. The zero-order valence-electron chi connectivity index (χ0n) is 7.84. The van der Waals surface area contributed by atoms with Crippen LogP contribution in [0.15, 0.2) is 0 Å². The quantitative estimate of drug-likeness (QED) is 0.666. The molecule has 1 aliphatic carbocycles. The molecule has 0 saturated heterocycles. The normalized spacial score (nSPS) is 34.1. The Hall–Kier alpha value is -0.0400. The molecule has 11 heavy (non-hydrogen) atoms. The smallest absolute Gasteiger partial charge is 0.00696 e. The number of rotatable bonds is 3. The van der Waals surface area contributed by atoms with E-state index < -0.39 is 0 Å². The Balaban J connectivity index is 2.33. The molecular weight excluding hydrogens is 134 g/mol. The molecule has 0 amide bonds. The highest BCUT2D eigenvalue weighted by atomic mass is 14.7. The van der Waals surface area contributed by atoms with Crippen LogP contribution in [0.1, 0.15) is 46.0 Å². The van der Waals surface area contributed by atoms with Crippen LogP contribution in [0.5, 0.6) is 0 Å². The van der Waals surface area contributed by atoms with E-state index in [9.17, 15) is 0 Å². The fraction of sp³-hybridized carbons (Fsp3) is 1.00. The summed E-state index contributed by atoms with van der Waals surface area (Å²) < 4.78 is 0. The molecule has 0 aromatic carbocycles. The third-order valence-electron chi connectivity index (χ3n) is 3.10. The van der Waals surface area contributed by atoms with Crippen LogP contribution in [0.2, 0.25) is 0 Å². The second-order valence-corrected chi connectivity index (χ2v) is 4.02. The van der Waals surface area contributed by atoms with Crippen LogP contribution >= 0.6 is 0 Å². The average Bonchev–Trinajstić information content (AvgIpc) is 2.36. The Morgan fingerprint density at radius 1 is 1.45 bits per heavy atom. The highest BCUT2D eigenvalue weighted by Gasteiger charge is 2.27. The lowest BCUT2D eigenvalue weighted by Crippen LogP contribution is -2.31. The van der Waals surface area contributed by atoms with Crippen molar-refractivity contribution in [2.24, 2.45) is 17.6 Å². The molecule has 0 bridgehead atoms. The number of hydrogen-bond acceptors (Lipinski definition) is 1.